The van der Waals surface area contributed by atoms with Crippen molar-refractivity contribution < 1.29 is 17.6 Å². The van der Waals surface area contributed by atoms with Crippen LogP contribution in [0.4, 0.5) is 4.39 Å². The van der Waals surface area contributed by atoms with Gasteiger partial charge < -0.3 is 4.57 Å². The summed E-state index contributed by atoms with van der Waals surface area (Å²) in [5, 5.41) is 2.24. The predicted octanol–water partition coefficient (Wildman–Crippen LogP) is 4.06. The summed E-state index contributed by atoms with van der Waals surface area (Å²) in [7, 11) is -1.80. The summed E-state index contributed by atoms with van der Waals surface area (Å²) in [6.45, 7) is 0.462. The second-order valence-electron chi connectivity index (χ2n) is 8.16. The molecule has 2 heterocycles. The number of hydrogen-bond acceptors (Lipinski definition) is 4. The van der Waals surface area contributed by atoms with Crippen molar-refractivity contribution in [2.24, 2.45) is 18.0 Å². The van der Waals surface area contributed by atoms with E-state index in [0.29, 0.717) is 17.6 Å². The molecule has 0 bridgehead atoms. The Balaban J connectivity index is 1.36. The zero-order chi connectivity index (χ0) is 23.2. The number of aromatic nitrogens is 1. The first kappa shape index (κ1) is 21.9. The highest BCUT2D eigenvalue weighted by Crippen LogP contribution is 2.27. The van der Waals surface area contributed by atoms with Crippen molar-refractivity contribution in [3.05, 3.63) is 71.3 Å². The van der Waals surface area contributed by atoms with Crippen molar-refractivity contribution in [2.45, 2.75) is 17.7 Å². The summed E-state index contributed by atoms with van der Waals surface area (Å²) < 4.78 is 43.1. The molecule has 4 aromatic rings. The largest absolute Gasteiger partial charge is 0.319 e. The van der Waals surface area contributed by atoms with Crippen LogP contribution in [0.25, 0.3) is 21.0 Å². The Labute approximate surface area is 194 Å². The molecule has 9 heteroatoms. The van der Waals surface area contributed by atoms with E-state index in [-0.39, 0.29) is 29.8 Å². The SMILES string of the molecule is Cn1c(=NC(=O)C2CCN(S(=O)(=O)c3ccc(F)cc3)CC2)sc2ccc3ccccc3c21. The molecular weight excluding hydrogens is 461 g/mol. The quantitative estimate of drug-likeness (QED) is 0.441. The molecule has 0 unspecified atom stereocenters. The molecule has 1 saturated heterocycles. The van der Waals surface area contributed by atoms with Crippen molar-refractivity contribution in [1.29, 1.82) is 0 Å². The van der Waals surface area contributed by atoms with Gasteiger partial charge >= 0.3 is 0 Å². The van der Waals surface area contributed by atoms with E-state index in [2.05, 4.69) is 23.2 Å². The third-order valence-electron chi connectivity index (χ3n) is 6.15. The molecule has 1 aliphatic heterocycles. The lowest BCUT2D eigenvalue weighted by Gasteiger charge is -2.29. The van der Waals surface area contributed by atoms with Gasteiger partial charge in [-0.2, -0.15) is 9.30 Å². The maximum absolute atomic E-state index is 13.2. The molecule has 0 radical (unpaired) electrons. The van der Waals surface area contributed by atoms with Gasteiger partial charge in [0.25, 0.3) is 5.91 Å². The minimum absolute atomic E-state index is 0.0582. The summed E-state index contributed by atoms with van der Waals surface area (Å²) >= 11 is 1.47. The lowest BCUT2D eigenvalue weighted by molar-refractivity contribution is -0.122. The highest BCUT2D eigenvalue weighted by Gasteiger charge is 2.32. The molecular formula is C24H22FN3O3S2. The number of rotatable bonds is 3. The van der Waals surface area contributed by atoms with Crippen LogP contribution in [0.3, 0.4) is 0 Å². The number of nitrogens with zero attached hydrogens (tertiary/aromatic N) is 3. The van der Waals surface area contributed by atoms with Gasteiger partial charge in [-0.05, 0) is 48.6 Å². The van der Waals surface area contributed by atoms with Crippen LogP contribution in [-0.2, 0) is 21.9 Å². The molecule has 0 aliphatic carbocycles. The van der Waals surface area contributed by atoms with Gasteiger partial charge in [-0.1, -0.05) is 41.7 Å². The van der Waals surface area contributed by atoms with Gasteiger partial charge in [-0.15, -0.1) is 0 Å². The summed E-state index contributed by atoms with van der Waals surface area (Å²) in [6, 6.07) is 17.0. The molecule has 1 fully saturated rings. The minimum atomic E-state index is -3.71. The monoisotopic (exact) mass is 483 g/mol. The lowest BCUT2D eigenvalue weighted by atomic mass is 9.98. The van der Waals surface area contributed by atoms with Crippen LogP contribution in [0.2, 0.25) is 0 Å². The molecule has 5 rings (SSSR count). The molecule has 0 atom stereocenters. The van der Waals surface area contributed by atoms with Crippen LogP contribution < -0.4 is 4.80 Å². The number of benzene rings is 3. The smallest absolute Gasteiger partial charge is 0.251 e. The number of halogens is 1. The first-order valence-corrected chi connectivity index (χ1v) is 12.9. The Morgan fingerprint density at radius 1 is 1.03 bits per heavy atom. The number of amides is 1. The first-order valence-electron chi connectivity index (χ1n) is 10.7. The summed E-state index contributed by atoms with van der Waals surface area (Å²) in [4.78, 5) is 18.0. The van der Waals surface area contributed by atoms with Crippen molar-refractivity contribution >= 4 is 48.3 Å². The van der Waals surface area contributed by atoms with Gasteiger partial charge in [0.2, 0.25) is 10.0 Å². The highest BCUT2D eigenvalue weighted by atomic mass is 32.2. The van der Waals surface area contributed by atoms with E-state index < -0.39 is 15.8 Å². The van der Waals surface area contributed by atoms with Crippen molar-refractivity contribution in [3.63, 3.8) is 0 Å². The van der Waals surface area contributed by atoms with E-state index in [4.69, 9.17) is 0 Å². The molecule has 1 aliphatic rings. The molecule has 33 heavy (non-hydrogen) atoms. The van der Waals surface area contributed by atoms with Gasteiger partial charge in [0.15, 0.2) is 4.80 Å². The zero-order valence-corrected chi connectivity index (χ0v) is 19.6. The average Bonchev–Trinajstić information content (AvgIpc) is 3.15. The zero-order valence-electron chi connectivity index (χ0n) is 17.9. The van der Waals surface area contributed by atoms with Gasteiger partial charge in [0, 0.05) is 31.4 Å². The highest BCUT2D eigenvalue weighted by molar-refractivity contribution is 7.89. The maximum atomic E-state index is 13.2. The van der Waals surface area contributed by atoms with E-state index in [1.165, 1.54) is 27.8 Å². The predicted molar refractivity (Wildman–Crippen MR) is 127 cm³/mol. The molecule has 1 amide bonds. The number of carbonyl (C=O) groups excluding carboxylic acids is 1. The Morgan fingerprint density at radius 3 is 2.45 bits per heavy atom. The van der Waals surface area contributed by atoms with Gasteiger partial charge in [-0.25, -0.2) is 12.8 Å². The topological polar surface area (TPSA) is 71.7 Å². The summed E-state index contributed by atoms with van der Waals surface area (Å²) in [5.41, 5.74) is 1.05. The van der Waals surface area contributed by atoms with E-state index >= 15 is 0 Å². The number of piperidine rings is 1. The summed E-state index contributed by atoms with van der Waals surface area (Å²) in [6.07, 6.45) is 0.806. The maximum Gasteiger partial charge on any atom is 0.251 e. The molecule has 0 saturated carbocycles. The lowest BCUT2D eigenvalue weighted by Crippen LogP contribution is -2.40. The third-order valence-corrected chi connectivity index (χ3v) is 9.16. The van der Waals surface area contributed by atoms with Crippen LogP contribution >= 0.6 is 11.3 Å². The Bertz CT molecular complexity index is 1530. The fourth-order valence-corrected chi connectivity index (χ4v) is 6.82. The van der Waals surface area contributed by atoms with Gasteiger partial charge in [-0.3, -0.25) is 4.79 Å². The van der Waals surface area contributed by atoms with Crippen molar-refractivity contribution in [3.8, 4) is 0 Å². The molecule has 0 spiro atoms. The normalized spacial score (nSPS) is 16.6. The fourth-order valence-electron chi connectivity index (χ4n) is 4.31. The van der Waals surface area contributed by atoms with Gasteiger partial charge in [0.1, 0.15) is 5.82 Å². The van der Waals surface area contributed by atoms with Crippen LogP contribution in [0.15, 0.2) is 70.6 Å². The molecule has 3 aromatic carbocycles. The van der Waals surface area contributed by atoms with E-state index in [9.17, 15) is 17.6 Å². The molecule has 1 aromatic heterocycles. The van der Waals surface area contributed by atoms with E-state index in [1.54, 1.807) is 0 Å². The minimum Gasteiger partial charge on any atom is -0.319 e. The molecule has 170 valence electrons. The van der Waals surface area contributed by atoms with E-state index in [1.807, 2.05) is 29.8 Å². The Morgan fingerprint density at radius 2 is 1.73 bits per heavy atom. The van der Waals surface area contributed by atoms with Gasteiger partial charge in [0.05, 0.1) is 15.1 Å². The Hall–Kier alpha value is -2.88. The van der Waals surface area contributed by atoms with Crippen LogP contribution in [0.1, 0.15) is 12.8 Å². The Kier molecular flexibility index (Phi) is 5.64. The first-order chi connectivity index (χ1) is 15.8. The number of carbonyl (C=O) groups is 1. The number of thiazole rings is 1. The molecule has 6 nitrogen and oxygen atoms in total. The van der Waals surface area contributed by atoms with Crippen molar-refractivity contribution in [2.75, 3.05) is 13.1 Å². The number of hydrogen-bond donors (Lipinski definition) is 0. The van der Waals surface area contributed by atoms with Crippen LogP contribution in [0, 0.1) is 11.7 Å². The third kappa shape index (κ3) is 4.01. The number of sulfonamides is 1. The average molecular weight is 484 g/mol. The van der Waals surface area contributed by atoms with E-state index in [0.717, 1.165) is 33.1 Å². The fraction of sp³-hybridized carbons (Fsp3) is 0.250. The number of aryl methyl sites for hydroxylation is 1. The molecule has 0 N–H and O–H groups in total. The second-order valence-corrected chi connectivity index (χ2v) is 11.1. The second kappa shape index (κ2) is 8.48. The number of fused-ring (bicyclic) bond motifs is 3. The van der Waals surface area contributed by atoms with Crippen molar-refractivity contribution in [1.82, 2.24) is 8.87 Å². The van der Waals surface area contributed by atoms with Crippen LogP contribution in [-0.4, -0.2) is 36.3 Å². The standard InChI is InChI=1S/C24H22FN3O3S2/c1-27-22-20-5-3-2-4-16(20)6-11-21(22)32-24(27)26-23(29)17-12-14-28(15-13-17)33(30,31)19-9-7-18(25)8-10-19/h2-11,17H,12-15H2,1H3. The summed E-state index contributed by atoms with van der Waals surface area (Å²) in [5.74, 6) is -1.03. The van der Waals surface area contributed by atoms with Crippen LogP contribution in [0.5, 0.6) is 0 Å².